The maximum atomic E-state index is 11.9. The number of carbonyl (C=O) groups excluding carboxylic acids is 1. The third-order valence-electron chi connectivity index (χ3n) is 3.69. The molecule has 0 aliphatic carbocycles. The van der Waals surface area contributed by atoms with Crippen molar-refractivity contribution in [2.24, 2.45) is 0 Å². The Labute approximate surface area is 130 Å². The normalized spacial score (nSPS) is 17.0. The fraction of sp³-hybridized carbons (Fsp3) is 0.294. The molecule has 0 saturated carbocycles. The molecule has 114 valence electrons. The van der Waals surface area contributed by atoms with Gasteiger partial charge in [-0.25, -0.2) is 4.68 Å². The van der Waals surface area contributed by atoms with E-state index in [4.69, 9.17) is 0 Å². The Bertz CT molecular complexity index is 675. The van der Waals surface area contributed by atoms with Crippen LogP contribution in [0.4, 0.5) is 0 Å². The number of hydrogen-bond donors (Lipinski definition) is 2. The standard InChI is InChI=1S/C17H20N4O/c1-2-10-18-17(22)16-9-8-15(20-16)13-11-19-21(12-13)14-6-4-3-5-7-14/h3-7,9,11-12,15,20H,2,8,10H2,1H3,(H,18,22). The van der Waals surface area contributed by atoms with E-state index in [2.05, 4.69) is 15.7 Å². The van der Waals surface area contributed by atoms with Crippen molar-refractivity contribution >= 4 is 5.91 Å². The number of benzene rings is 1. The highest BCUT2D eigenvalue weighted by molar-refractivity contribution is 5.93. The minimum Gasteiger partial charge on any atom is -0.374 e. The zero-order chi connectivity index (χ0) is 15.4. The molecule has 3 rings (SSSR count). The summed E-state index contributed by atoms with van der Waals surface area (Å²) in [6.45, 7) is 2.74. The number of nitrogens with zero attached hydrogens (tertiary/aromatic N) is 2. The molecule has 0 radical (unpaired) electrons. The van der Waals surface area contributed by atoms with E-state index in [0.717, 1.165) is 24.1 Å². The van der Waals surface area contributed by atoms with E-state index in [1.54, 1.807) is 0 Å². The van der Waals surface area contributed by atoms with E-state index in [-0.39, 0.29) is 11.9 Å². The van der Waals surface area contributed by atoms with Gasteiger partial charge in [0.25, 0.3) is 5.91 Å². The number of nitrogens with one attached hydrogen (secondary N) is 2. The number of rotatable bonds is 5. The van der Waals surface area contributed by atoms with Gasteiger partial charge >= 0.3 is 0 Å². The average molecular weight is 296 g/mol. The molecular weight excluding hydrogens is 276 g/mol. The first-order valence-corrected chi connectivity index (χ1v) is 7.63. The predicted molar refractivity (Wildman–Crippen MR) is 85.4 cm³/mol. The zero-order valence-corrected chi connectivity index (χ0v) is 12.6. The summed E-state index contributed by atoms with van der Waals surface area (Å²) in [4.78, 5) is 11.9. The van der Waals surface area contributed by atoms with Crippen molar-refractivity contribution in [3.63, 3.8) is 0 Å². The summed E-state index contributed by atoms with van der Waals surface area (Å²) >= 11 is 0. The Morgan fingerprint density at radius 3 is 3.00 bits per heavy atom. The molecule has 1 aromatic carbocycles. The second-order valence-corrected chi connectivity index (χ2v) is 5.36. The van der Waals surface area contributed by atoms with Crippen LogP contribution in [-0.4, -0.2) is 22.2 Å². The maximum Gasteiger partial charge on any atom is 0.267 e. The molecule has 1 amide bonds. The first-order valence-electron chi connectivity index (χ1n) is 7.63. The van der Waals surface area contributed by atoms with Gasteiger partial charge in [0.2, 0.25) is 0 Å². The Morgan fingerprint density at radius 2 is 2.23 bits per heavy atom. The summed E-state index contributed by atoms with van der Waals surface area (Å²) in [5.74, 6) is -0.0280. The van der Waals surface area contributed by atoms with Crippen molar-refractivity contribution in [1.82, 2.24) is 20.4 Å². The average Bonchev–Trinajstić information content (AvgIpc) is 3.22. The molecule has 2 N–H and O–H groups in total. The lowest BCUT2D eigenvalue weighted by Crippen LogP contribution is -2.31. The van der Waals surface area contributed by atoms with Gasteiger partial charge in [-0.05, 0) is 25.0 Å². The molecule has 0 saturated heterocycles. The largest absolute Gasteiger partial charge is 0.374 e. The van der Waals surface area contributed by atoms with Crippen molar-refractivity contribution in [2.45, 2.75) is 25.8 Å². The fourth-order valence-electron chi connectivity index (χ4n) is 2.49. The van der Waals surface area contributed by atoms with Crippen LogP contribution in [0, 0.1) is 0 Å². The van der Waals surface area contributed by atoms with E-state index < -0.39 is 0 Å². The van der Waals surface area contributed by atoms with E-state index in [9.17, 15) is 4.79 Å². The first kappa shape index (κ1) is 14.4. The van der Waals surface area contributed by atoms with Crippen LogP contribution in [-0.2, 0) is 4.79 Å². The topological polar surface area (TPSA) is 59.0 Å². The van der Waals surface area contributed by atoms with Gasteiger partial charge in [0.15, 0.2) is 0 Å². The fourth-order valence-corrected chi connectivity index (χ4v) is 2.49. The van der Waals surface area contributed by atoms with Gasteiger partial charge in [-0.15, -0.1) is 0 Å². The van der Waals surface area contributed by atoms with Gasteiger partial charge in [0.05, 0.1) is 23.6 Å². The number of carbonyl (C=O) groups is 1. The van der Waals surface area contributed by atoms with Gasteiger partial charge in [0, 0.05) is 18.3 Å². The van der Waals surface area contributed by atoms with Crippen molar-refractivity contribution in [3.05, 3.63) is 60.1 Å². The molecule has 2 heterocycles. The molecule has 1 aliphatic rings. The smallest absolute Gasteiger partial charge is 0.267 e. The zero-order valence-electron chi connectivity index (χ0n) is 12.6. The first-order chi connectivity index (χ1) is 10.8. The van der Waals surface area contributed by atoms with E-state index >= 15 is 0 Å². The molecule has 22 heavy (non-hydrogen) atoms. The highest BCUT2D eigenvalue weighted by Gasteiger charge is 2.23. The quantitative estimate of drug-likeness (QED) is 0.890. The molecular formula is C17H20N4O. The van der Waals surface area contributed by atoms with Gasteiger partial charge in [-0.3, -0.25) is 4.79 Å². The summed E-state index contributed by atoms with van der Waals surface area (Å²) < 4.78 is 1.85. The van der Waals surface area contributed by atoms with Gasteiger partial charge in [0.1, 0.15) is 0 Å². The Kier molecular flexibility index (Phi) is 4.23. The number of hydrogen-bond acceptors (Lipinski definition) is 3. The monoisotopic (exact) mass is 296 g/mol. The minimum atomic E-state index is -0.0280. The summed E-state index contributed by atoms with van der Waals surface area (Å²) in [5.41, 5.74) is 2.77. The lowest BCUT2D eigenvalue weighted by molar-refractivity contribution is -0.117. The van der Waals surface area contributed by atoms with Crippen LogP contribution in [0.15, 0.2) is 54.5 Å². The molecule has 0 spiro atoms. The van der Waals surface area contributed by atoms with Gasteiger partial charge < -0.3 is 10.6 Å². The third kappa shape index (κ3) is 3.03. The molecule has 5 nitrogen and oxygen atoms in total. The van der Waals surface area contributed by atoms with Crippen LogP contribution in [0.3, 0.4) is 0 Å². The Balaban J connectivity index is 1.65. The van der Waals surface area contributed by atoms with Crippen molar-refractivity contribution in [3.8, 4) is 5.69 Å². The van der Waals surface area contributed by atoms with Crippen LogP contribution >= 0.6 is 0 Å². The highest BCUT2D eigenvalue weighted by atomic mass is 16.2. The van der Waals surface area contributed by atoms with Crippen LogP contribution in [0.2, 0.25) is 0 Å². The summed E-state index contributed by atoms with van der Waals surface area (Å²) in [5, 5.41) is 10.6. The number of para-hydroxylation sites is 1. The summed E-state index contributed by atoms with van der Waals surface area (Å²) in [6, 6.07) is 10.1. The van der Waals surface area contributed by atoms with Crippen molar-refractivity contribution < 1.29 is 4.79 Å². The lowest BCUT2D eigenvalue weighted by Gasteiger charge is -2.11. The molecule has 2 aromatic rings. The second kappa shape index (κ2) is 6.47. The molecule has 1 unspecified atom stereocenters. The third-order valence-corrected chi connectivity index (χ3v) is 3.69. The molecule has 0 bridgehead atoms. The number of amides is 1. The lowest BCUT2D eigenvalue weighted by atomic mass is 10.1. The highest BCUT2D eigenvalue weighted by Crippen LogP contribution is 2.24. The van der Waals surface area contributed by atoms with Crippen molar-refractivity contribution in [1.29, 1.82) is 0 Å². The van der Waals surface area contributed by atoms with Crippen LogP contribution in [0.1, 0.15) is 31.4 Å². The predicted octanol–water partition coefficient (Wildman–Crippen LogP) is 2.32. The second-order valence-electron chi connectivity index (χ2n) is 5.36. The molecule has 1 aromatic heterocycles. The van der Waals surface area contributed by atoms with Crippen molar-refractivity contribution in [2.75, 3.05) is 6.54 Å². The van der Waals surface area contributed by atoms with Gasteiger partial charge in [-0.2, -0.15) is 5.10 Å². The molecule has 1 aliphatic heterocycles. The van der Waals surface area contributed by atoms with Crippen LogP contribution in [0.5, 0.6) is 0 Å². The Morgan fingerprint density at radius 1 is 1.41 bits per heavy atom. The van der Waals surface area contributed by atoms with Crippen LogP contribution < -0.4 is 10.6 Å². The molecule has 1 atom stereocenters. The van der Waals surface area contributed by atoms with E-state index in [0.29, 0.717) is 12.2 Å². The summed E-state index contributed by atoms with van der Waals surface area (Å²) in [6.07, 6.45) is 7.55. The molecule has 0 fully saturated rings. The molecule has 5 heteroatoms. The Hall–Kier alpha value is -2.56. The van der Waals surface area contributed by atoms with E-state index in [1.807, 2.05) is 60.4 Å². The minimum absolute atomic E-state index is 0.0280. The summed E-state index contributed by atoms with van der Waals surface area (Å²) in [7, 11) is 0. The van der Waals surface area contributed by atoms with Crippen LogP contribution in [0.25, 0.3) is 5.69 Å². The van der Waals surface area contributed by atoms with E-state index in [1.165, 1.54) is 0 Å². The van der Waals surface area contributed by atoms with Gasteiger partial charge in [-0.1, -0.05) is 31.2 Å². The maximum absolute atomic E-state index is 11.9. The SMILES string of the molecule is CCCNC(=O)C1=CCC(c2cnn(-c3ccccc3)c2)N1. The number of aromatic nitrogens is 2.